The van der Waals surface area contributed by atoms with Crippen molar-refractivity contribution in [3.63, 3.8) is 0 Å². The average Bonchev–Trinajstić information content (AvgIpc) is 3.09. The summed E-state index contributed by atoms with van der Waals surface area (Å²) in [6, 6.07) is 6.36. The van der Waals surface area contributed by atoms with Gasteiger partial charge in [0.05, 0.1) is 26.2 Å². The van der Waals surface area contributed by atoms with Crippen molar-refractivity contribution >= 4 is 23.2 Å². The minimum absolute atomic E-state index is 0.115. The molecule has 24 heavy (non-hydrogen) atoms. The summed E-state index contributed by atoms with van der Waals surface area (Å²) in [6.07, 6.45) is 0. The molecule has 0 saturated heterocycles. The molecule has 2 N–H and O–H groups in total. The quantitative estimate of drug-likeness (QED) is 0.795. The van der Waals surface area contributed by atoms with Crippen LogP contribution in [-0.4, -0.2) is 38.3 Å². The molecule has 0 aliphatic carbocycles. The zero-order chi connectivity index (χ0) is 17.7. The Bertz CT molecular complexity index is 755. The minimum atomic E-state index is -1.05. The smallest absolute Gasteiger partial charge is 0.345 e. The van der Waals surface area contributed by atoms with Crippen LogP contribution in [0, 0.1) is 0 Å². The lowest BCUT2D eigenvalue weighted by Gasteiger charge is -2.16. The molecule has 0 saturated carbocycles. The minimum Gasteiger partial charge on any atom is -0.493 e. The molecule has 2 rings (SSSR count). The van der Waals surface area contributed by atoms with Gasteiger partial charge in [0.15, 0.2) is 11.5 Å². The molecule has 1 aromatic heterocycles. The Labute approximate surface area is 142 Å². The van der Waals surface area contributed by atoms with Crippen molar-refractivity contribution in [1.29, 1.82) is 0 Å². The van der Waals surface area contributed by atoms with Crippen LogP contribution < -0.4 is 19.5 Å². The number of carbonyl (C=O) groups is 2. The van der Waals surface area contributed by atoms with Gasteiger partial charge in [-0.1, -0.05) is 0 Å². The van der Waals surface area contributed by atoms with Gasteiger partial charge < -0.3 is 24.6 Å². The summed E-state index contributed by atoms with van der Waals surface area (Å²) < 4.78 is 15.9. The first-order valence-corrected chi connectivity index (χ1v) is 7.72. The Kier molecular flexibility index (Phi) is 5.64. The van der Waals surface area contributed by atoms with E-state index in [9.17, 15) is 9.59 Å². The van der Waals surface area contributed by atoms with Crippen LogP contribution in [0.2, 0.25) is 0 Å². The standard InChI is InChI=1S/C16H17NO6S/c1-21-10-5-4-9(13(22-2)14(10)23-3)8-17-15(18)11-6-7-12(24-11)16(19)20/h4-7H,8H2,1-3H3,(H,17,18)(H,19,20). The van der Waals surface area contributed by atoms with Gasteiger partial charge in [0.2, 0.25) is 5.75 Å². The summed E-state index contributed by atoms with van der Waals surface area (Å²) in [4.78, 5) is 23.4. The Balaban J connectivity index is 2.16. The molecule has 0 aliphatic heterocycles. The van der Waals surface area contributed by atoms with Gasteiger partial charge in [-0.3, -0.25) is 4.79 Å². The molecule has 1 aromatic carbocycles. The first kappa shape index (κ1) is 17.6. The van der Waals surface area contributed by atoms with E-state index in [1.165, 1.54) is 33.5 Å². The molecule has 2 aromatic rings. The Morgan fingerprint density at radius 2 is 1.67 bits per heavy atom. The van der Waals surface area contributed by atoms with Gasteiger partial charge in [-0.25, -0.2) is 4.79 Å². The van der Waals surface area contributed by atoms with Crippen LogP contribution in [0.1, 0.15) is 24.9 Å². The summed E-state index contributed by atoms with van der Waals surface area (Å²) in [5.41, 5.74) is 0.707. The molecule has 128 valence electrons. The number of nitrogens with one attached hydrogen (secondary N) is 1. The van der Waals surface area contributed by atoms with Crippen LogP contribution in [0.25, 0.3) is 0 Å². The van der Waals surface area contributed by atoms with Gasteiger partial charge in [0.1, 0.15) is 4.88 Å². The van der Waals surface area contributed by atoms with E-state index in [0.29, 0.717) is 27.7 Å². The number of amides is 1. The topological polar surface area (TPSA) is 94.1 Å². The number of carboxylic acid groups (broad SMARTS) is 1. The van der Waals surface area contributed by atoms with Crippen molar-refractivity contribution in [1.82, 2.24) is 5.32 Å². The number of hydrogen-bond acceptors (Lipinski definition) is 6. The van der Waals surface area contributed by atoms with Crippen LogP contribution in [0.5, 0.6) is 17.2 Å². The zero-order valence-electron chi connectivity index (χ0n) is 13.4. The van der Waals surface area contributed by atoms with Crippen molar-refractivity contribution in [3.8, 4) is 17.2 Å². The number of benzene rings is 1. The molecule has 1 amide bonds. The van der Waals surface area contributed by atoms with E-state index >= 15 is 0 Å². The van der Waals surface area contributed by atoms with E-state index in [0.717, 1.165) is 11.3 Å². The van der Waals surface area contributed by atoms with Crippen molar-refractivity contribution < 1.29 is 28.9 Å². The Morgan fingerprint density at radius 3 is 2.21 bits per heavy atom. The van der Waals surface area contributed by atoms with Gasteiger partial charge in [-0.2, -0.15) is 0 Å². The van der Waals surface area contributed by atoms with Crippen LogP contribution >= 0.6 is 11.3 Å². The molecular weight excluding hydrogens is 334 g/mol. The van der Waals surface area contributed by atoms with Crippen molar-refractivity contribution in [2.45, 2.75) is 6.54 Å². The van der Waals surface area contributed by atoms with Gasteiger partial charge in [0.25, 0.3) is 5.91 Å². The second kappa shape index (κ2) is 7.69. The molecule has 1 heterocycles. The zero-order valence-corrected chi connectivity index (χ0v) is 14.2. The highest BCUT2D eigenvalue weighted by Gasteiger charge is 2.17. The average molecular weight is 351 g/mol. The highest BCUT2D eigenvalue weighted by molar-refractivity contribution is 7.15. The number of thiophene rings is 1. The lowest BCUT2D eigenvalue weighted by Crippen LogP contribution is -2.22. The predicted octanol–water partition coefficient (Wildman–Crippen LogP) is 2.40. The SMILES string of the molecule is COc1ccc(CNC(=O)c2ccc(C(=O)O)s2)c(OC)c1OC. The number of aromatic carboxylic acids is 1. The molecule has 0 atom stereocenters. The fourth-order valence-corrected chi connectivity index (χ4v) is 2.90. The van der Waals surface area contributed by atoms with E-state index in [4.69, 9.17) is 19.3 Å². The third-order valence-electron chi connectivity index (χ3n) is 3.27. The van der Waals surface area contributed by atoms with E-state index in [2.05, 4.69) is 5.32 Å². The number of carboxylic acids is 1. The fourth-order valence-electron chi connectivity index (χ4n) is 2.14. The fraction of sp³-hybridized carbons (Fsp3) is 0.250. The summed E-state index contributed by atoms with van der Waals surface area (Å²) in [6.45, 7) is 0.197. The molecule has 0 bridgehead atoms. The molecule has 7 nitrogen and oxygen atoms in total. The number of carbonyl (C=O) groups excluding carboxylic acids is 1. The van der Waals surface area contributed by atoms with E-state index in [1.54, 1.807) is 12.1 Å². The summed E-state index contributed by atoms with van der Waals surface area (Å²) in [5.74, 6) is 0.0179. The van der Waals surface area contributed by atoms with Crippen molar-refractivity contribution in [2.24, 2.45) is 0 Å². The summed E-state index contributed by atoms with van der Waals surface area (Å²) >= 11 is 0.920. The van der Waals surface area contributed by atoms with Crippen LogP contribution in [0.3, 0.4) is 0 Å². The molecule has 0 unspecified atom stereocenters. The van der Waals surface area contributed by atoms with Gasteiger partial charge in [0, 0.05) is 12.1 Å². The third kappa shape index (κ3) is 3.60. The first-order chi connectivity index (χ1) is 11.5. The summed E-state index contributed by atoms with van der Waals surface area (Å²) in [5, 5.41) is 11.6. The first-order valence-electron chi connectivity index (χ1n) is 6.91. The molecule has 0 aliphatic rings. The van der Waals surface area contributed by atoms with Gasteiger partial charge >= 0.3 is 5.97 Å². The van der Waals surface area contributed by atoms with Gasteiger partial charge in [-0.05, 0) is 24.3 Å². The molecule has 0 radical (unpaired) electrons. The Morgan fingerprint density at radius 1 is 1.00 bits per heavy atom. The molecule has 0 fully saturated rings. The highest BCUT2D eigenvalue weighted by atomic mass is 32.1. The monoisotopic (exact) mass is 351 g/mol. The number of ether oxygens (including phenoxy) is 3. The maximum Gasteiger partial charge on any atom is 0.345 e. The lowest BCUT2D eigenvalue weighted by atomic mass is 10.1. The van der Waals surface area contributed by atoms with Crippen molar-refractivity contribution in [2.75, 3.05) is 21.3 Å². The number of hydrogen-bond donors (Lipinski definition) is 2. The molecule has 0 spiro atoms. The second-order valence-electron chi connectivity index (χ2n) is 4.65. The van der Waals surface area contributed by atoms with Crippen LogP contribution in [-0.2, 0) is 6.54 Å². The third-order valence-corrected chi connectivity index (χ3v) is 4.34. The maximum atomic E-state index is 12.1. The van der Waals surface area contributed by atoms with E-state index in [-0.39, 0.29) is 17.3 Å². The van der Waals surface area contributed by atoms with Crippen LogP contribution in [0.15, 0.2) is 24.3 Å². The normalized spacial score (nSPS) is 10.1. The Hall–Kier alpha value is -2.74. The predicted molar refractivity (Wildman–Crippen MR) is 88.5 cm³/mol. The van der Waals surface area contributed by atoms with E-state index in [1.807, 2.05) is 0 Å². The lowest BCUT2D eigenvalue weighted by molar-refractivity contribution is 0.0702. The largest absolute Gasteiger partial charge is 0.493 e. The molecule has 8 heteroatoms. The maximum absolute atomic E-state index is 12.1. The van der Waals surface area contributed by atoms with Gasteiger partial charge in [-0.15, -0.1) is 11.3 Å². The van der Waals surface area contributed by atoms with Crippen molar-refractivity contribution in [3.05, 3.63) is 39.6 Å². The highest BCUT2D eigenvalue weighted by Crippen LogP contribution is 2.39. The van der Waals surface area contributed by atoms with Crippen LogP contribution in [0.4, 0.5) is 0 Å². The molecular formula is C16H17NO6S. The number of methoxy groups -OCH3 is 3. The van der Waals surface area contributed by atoms with E-state index < -0.39 is 5.97 Å². The number of rotatable bonds is 7. The summed E-state index contributed by atoms with van der Waals surface area (Å²) in [7, 11) is 4.53. The second-order valence-corrected chi connectivity index (χ2v) is 5.73.